The van der Waals surface area contributed by atoms with Gasteiger partial charge in [0.25, 0.3) is 0 Å². The molecule has 28 heavy (non-hydrogen) atoms. The maximum absolute atomic E-state index is 13.6. The Morgan fingerprint density at radius 2 is 0.964 bits per heavy atom. The van der Waals surface area contributed by atoms with Crippen molar-refractivity contribution in [2.24, 2.45) is 0 Å². The molecule has 0 radical (unpaired) electrons. The van der Waals surface area contributed by atoms with Crippen LogP contribution in [0.5, 0.6) is 0 Å². The Hall–Kier alpha value is -2.49. The molecular weight excluding hydrogens is 476 g/mol. The quantitative estimate of drug-likeness (QED) is 0.266. The van der Waals surface area contributed by atoms with Crippen molar-refractivity contribution in [2.45, 2.75) is 0 Å². The first-order valence-corrected chi connectivity index (χ1v) is 10.5. The molecule has 4 rings (SSSR count). The van der Waals surface area contributed by atoms with Gasteiger partial charge in [0.05, 0.1) is 0 Å². The fourth-order valence-electron chi connectivity index (χ4n) is 3.32. The molecule has 136 valence electrons. The lowest BCUT2D eigenvalue weighted by Gasteiger charge is -2.13. The summed E-state index contributed by atoms with van der Waals surface area (Å²) in [6.07, 6.45) is 0. The molecule has 0 bridgehead atoms. The van der Waals surface area contributed by atoms with Gasteiger partial charge in [0, 0.05) is 20.1 Å². The number of rotatable bonds is 4. The van der Waals surface area contributed by atoms with Crippen LogP contribution in [0.4, 0.5) is 0 Å². The molecule has 0 aliphatic rings. The summed E-state index contributed by atoms with van der Waals surface area (Å²) in [6, 6.07) is 31.6. The van der Waals surface area contributed by atoms with Crippen molar-refractivity contribution in [1.29, 1.82) is 0 Å². The van der Waals surface area contributed by atoms with E-state index in [1.165, 1.54) is 0 Å². The Balaban J connectivity index is 1.85. The van der Waals surface area contributed by atoms with Crippen molar-refractivity contribution in [3.63, 3.8) is 0 Å². The fourth-order valence-corrected chi connectivity index (χ4v) is 4.12. The fraction of sp³-hybridized carbons (Fsp3) is 0. The Labute approximate surface area is 181 Å². The molecule has 0 aliphatic heterocycles. The maximum atomic E-state index is 13.6. The minimum atomic E-state index is 0.0196. The Morgan fingerprint density at radius 3 is 1.39 bits per heavy atom. The Bertz CT molecular complexity index is 1070. The van der Waals surface area contributed by atoms with E-state index >= 15 is 0 Å². The van der Waals surface area contributed by atoms with Crippen LogP contribution >= 0.6 is 31.9 Å². The highest BCUT2D eigenvalue weighted by molar-refractivity contribution is 9.10. The number of ketones is 1. The third-order valence-corrected chi connectivity index (χ3v) is 5.60. The number of carbonyl (C=O) groups is 1. The second-order valence-corrected chi connectivity index (χ2v) is 8.27. The molecule has 4 aromatic carbocycles. The zero-order chi connectivity index (χ0) is 19.5. The molecule has 0 fully saturated rings. The molecule has 0 aromatic heterocycles. The Morgan fingerprint density at radius 1 is 0.536 bits per heavy atom. The average molecular weight is 492 g/mol. The highest BCUT2D eigenvalue weighted by Crippen LogP contribution is 2.32. The van der Waals surface area contributed by atoms with Crippen molar-refractivity contribution >= 4 is 37.6 Å². The zero-order valence-corrected chi connectivity index (χ0v) is 18.1. The summed E-state index contributed by atoms with van der Waals surface area (Å²) in [5, 5.41) is 0. The minimum absolute atomic E-state index is 0.0196. The maximum Gasteiger partial charge on any atom is 0.194 e. The minimum Gasteiger partial charge on any atom is -0.289 e. The second kappa shape index (κ2) is 8.26. The molecule has 0 amide bonds. The summed E-state index contributed by atoms with van der Waals surface area (Å²) in [6.45, 7) is 0. The molecule has 0 N–H and O–H groups in total. The third kappa shape index (κ3) is 3.87. The number of benzene rings is 4. The molecule has 0 aliphatic carbocycles. The van der Waals surface area contributed by atoms with E-state index in [0.717, 1.165) is 31.2 Å². The van der Waals surface area contributed by atoms with Gasteiger partial charge < -0.3 is 0 Å². The standard InChI is InChI=1S/C25H16Br2O/c26-19-9-5-7-17(15-19)21-11-1-3-13-23(21)25(28)24-14-4-2-12-22(24)18-8-6-10-20(27)16-18/h1-16H. The molecular formula is C25H16Br2O. The molecule has 0 unspecified atom stereocenters. The van der Waals surface area contributed by atoms with Crippen LogP contribution in [0.15, 0.2) is 106 Å². The van der Waals surface area contributed by atoms with Gasteiger partial charge in [-0.05, 0) is 46.5 Å². The first kappa shape index (κ1) is 18.9. The van der Waals surface area contributed by atoms with Gasteiger partial charge in [-0.15, -0.1) is 0 Å². The number of halogens is 2. The summed E-state index contributed by atoms with van der Waals surface area (Å²) in [5.74, 6) is 0.0196. The van der Waals surface area contributed by atoms with Gasteiger partial charge >= 0.3 is 0 Å². The van der Waals surface area contributed by atoms with Crippen molar-refractivity contribution in [3.8, 4) is 22.3 Å². The normalized spacial score (nSPS) is 10.6. The van der Waals surface area contributed by atoms with E-state index in [0.29, 0.717) is 11.1 Å². The predicted octanol–water partition coefficient (Wildman–Crippen LogP) is 7.78. The number of carbonyl (C=O) groups excluding carboxylic acids is 1. The summed E-state index contributed by atoms with van der Waals surface area (Å²) < 4.78 is 1.98. The molecule has 3 heteroatoms. The topological polar surface area (TPSA) is 17.1 Å². The van der Waals surface area contributed by atoms with Gasteiger partial charge in [0.15, 0.2) is 5.78 Å². The highest BCUT2D eigenvalue weighted by atomic mass is 79.9. The van der Waals surface area contributed by atoms with Gasteiger partial charge in [-0.3, -0.25) is 4.79 Å². The van der Waals surface area contributed by atoms with E-state index in [2.05, 4.69) is 31.9 Å². The van der Waals surface area contributed by atoms with Crippen LogP contribution in [0.25, 0.3) is 22.3 Å². The molecule has 0 saturated carbocycles. The van der Waals surface area contributed by atoms with E-state index in [9.17, 15) is 4.79 Å². The van der Waals surface area contributed by atoms with E-state index in [1.807, 2.05) is 97.1 Å². The van der Waals surface area contributed by atoms with Gasteiger partial charge in [0.2, 0.25) is 0 Å². The lowest BCUT2D eigenvalue weighted by molar-refractivity contribution is 0.104. The monoisotopic (exact) mass is 490 g/mol. The third-order valence-electron chi connectivity index (χ3n) is 4.61. The average Bonchev–Trinajstić information content (AvgIpc) is 2.73. The molecule has 0 spiro atoms. The smallest absolute Gasteiger partial charge is 0.194 e. The van der Waals surface area contributed by atoms with E-state index < -0.39 is 0 Å². The number of hydrogen-bond acceptors (Lipinski definition) is 1. The van der Waals surface area contributed by atoms with Crippen LogP contribution in [-0.4, -0.2) is 5.78 Å². The predicted molar refractivity (Wildman–Crippen MR) is 123 cm³/mol. The molecule has 1 nitrogen and oxygen atoms in total. The SMILES string of the molecule is O=C(c1ccccc1-c1cccc(Br)c1)c1ccccc1-c1cccc(Br)c1. The van der Waals surface area contributed by atoms with E-state index in [1.54, 1.807) is 0 Å². The van der Waals surface area contributed by atoms with Crippen LogP contribution in [0.1, 0.15) is 15.9 Å². The van der Waals surface area contributed by atoms with Crippen molar-refractivity contribution in [3.05, 3.63) is 117 Å². The molecule has 4 aromatic rings. The van der Waals surface area contributed by atoms with E-state index in [-0.39, 0.29) is 5.78 Å². The lowest BCUT2D eigenvalue weighted by atomic mass is 9.90. The van der Waals surface area contributed by atoms with Crippen LogP contribution in [0.3, 0.4) is 0 Å². The summed E-state index contributed by atoms with van der Waals surface area (Å²) in [5.41, 5.74) is 5.28. The van der Waals surface area contributed by atoms with E-state index in [4.69, 9.17) is 0 Å². The second-order valence-electron chi connectivity index (χ2n) is 6.44. The summed E-state index contributed by atoms with van der Waals surface area (Å²) >= 11 is 7.05. The number of hydrogen-bond donors (Lipinski definition) is 0. The molecule has 0 atom stereocenters. The van der Waals surface area contributed by atoms with Gasteiger partial charge in [-0.2, -0.15) is 0 Å². The van der Waals surface area contributed by atoms with Crippen LogP contribution in [-0.2, 0) is 0 Å². The zero-order valence-electron chi connectivity index (χ0n) is 14.9. The van der Waals surface area contributed by atoms with Crippen LogP contribution in [0, 0.1) is 0 Å². The molecule has 0 heterocycles. The van der Waals surface area contributed by atoms with Crippen molar-refractivity contribution < 1.29 is 4.79 Å². The van der Waals surface area contributed by atoms with Crippen LogP contribution in [0.2, 0.25) is 0 Å². The lowest BCUT2D eigenvalue weighted by Crippen LogP contribution is -2.05. The van der Waals surface area contributed by atoms with Crippen LogP contribution < -0.4 is 0 Å². The first-order valence-electron chi connectivity index (χ1n) is 8.88. The Kier molecular flexibility index (Phi) is 5.56. The summed E-state index contributed by atoms with van der Waals surface area (Å²) in [4.78, 5) is 13.6. The first-order chi connectivity index (χ1) is 13.6. The van der Waals surface area contributed by atoms with Gasteiger partial charge in [-0.25, -0.2) is 0 Å². The van der Waals surface area contributed by atoms with Crippen molar-refractivity contribution in [1.82, 2.24) is 0 Å². The largest absolute Gasteiger partial charge is 0.289 e. The summed E-state index contributed by atoms with van der Waals surface area (Å²) in [7, 11) is 0. The highest BCUT2D eigenvalue weighted by Gasteiger charge is 2.18. The van der Waals surface area contributed by atoms with Gasteiger partial charge in [0.1, 0.15) is 0 Å². The van der Waals surface area contributed by atoms with Crippen molar-refractivity contribution in [2.75, 3.05) is 0 Å². The van der Waals surface area contributed by atoms with Gasteiger partial charge in [-0.1, -0.05) is 105 Å². The molecule has 0 saturated heterocycles.